The third-order valence-electron chi connectivity index (χ3n) is 13.7. The molecule has 39 heteroatoms. The normalized spacial score (nSPS) is 28.6. The highest BCUT2D eigenvalue weighted by Crippen LogP contribution is 2.44. The molecule has 0 aromatic rings. The first kappa shape index (κ1) is 78.6. The quantitative estimate of drug-likeness (QED) is 0.0199. The van der Waals surface area contributed by atoms with Crippen LogP contribution in [0, 0.1) is 0 Å². The Morgan fingerprint density at radius 2 is 0.682 bits per heavy atom. The average Bonchev–Trinajstić information content (AvgIpc) is 3.68. The lowest BCUT2D eigenvalue weighted by Crippen LogP contribution is -2.64. The van der Waals surface area contributed by atoms with Crippen molar-refractivity contribution in [1.82, 2.24) is 30.7 Å². The maximum atomic E-state index is 13.7. The molecule has 0 aromatic heterocycles. The van der Waals surface area contributed by atoms with E-state index < -0.39 is 209 Å². The molecule has 17 atom stereocenters. The van der Waals surface area contributed by atoms with E-state index in [9.17, 15) is 98.7 Å². The molecule has 3 fully saturated rings. The number of amides is 6. The molecule has 0 aromatic carbocycles. The molecule has 37 nitrogen and oxygen atoms in total. The van der Waals surface area contributed by atoms with E-state index in [2.05, 4.69) is 16.0 Å². The average molecular weight is 1320 g/mol. The monoisotopic (exact) mass is 1320 g/mol. The van der Waals surface area contributed by atoms with Gasteiger partial charge in [0, 0.05) is 86.4 Å². The number of ether oxygens (including phenoxy) is 7. The number of aliphatic hydroxyl groups is 10. The fraction of sp³-hybridized carbons (Fsp3) is 0.878. The van der Waals surface area contributed by atoms with Crippen LogP contribution in [0.3, 0.4) is 0 Å². The Bertz CT molecular complexity index is 2220. The van der Waals surface area contributed by atoms with E-state index in [1.165, 1.54) is 18.9 Å². The van der Waals surface area contributed by atoms with Crippen molar-refractivity contribution in [3.05, 3.63) is 0 Å². The van der Waals surface area contributed by atoms with Gasteiger partial charge in [-0.2, -0.15) is 0 Å². The number of rotatable bonds is 42. The van der Waals surface area contributed by atoms with Crippen LogP contribution in [0.5, 0.6) is 0 Å². The summed E-state index contributed by atoms with van der Waals surface area (Å²) in [5, 5.41) is 108. The van der Waals surface area contributed by atoms with Gasteiger partial charge in [0.15, 0.2) is 18.9 Å². The molecule has 3 rings (SSSR count). The highest BCUT2D eigenvalue weighted by atomic mass is 31.2. The van der Waals surface area contributed by atoms with E-state index in [1.54, 1.807) is 0 Å². The van der Waals surface area contributed by atoms with Gasteiger partial charge < -0.3 is 125 Å². The summed E-state index contributed by atoms with van der Waals surface area (Å²) in [6.07, 6.45) is -17.9. The van der Waals surface area contributed by atoms with Crippen LogP contribution in [-0.4, -0.2) is 329 Å². The SMILES string of the molecule is COCCN(CCOP(=O)(O)OCCN(CCOP(=O)(O)OCCN(CCO)C(=O)CCCO[C@@H]1OC(CO)[C@H](O)[C@H](O)C1NC(C)=O)C(=O)CCCO[C@@H]1OC(CO)[C@H](O)[C@H](O)C1NC(C)=O)C(=O)CCCO[C@@H]1OC(CO)[C@H](O)[C@H](O)C1NC(C)=O. The minimum atomic E-state index is -4.95. The minimum Gasteiger partial charge on any atom is -0.395 e. The summed E-state index contributed by atoms with van der Waals surface area (Å²) >= 11 is 0. The van der Waals surface area contributed by atoms with E-state index in [4.69, 9.17) is 51.3 Å². The van der Waals surface area contributed by atoms with E-state index in [0.29, 0.717) is 0 Å². The molecule has 15 N–H and O–H groups in total. The molecule has 3 saturated heterocycles. The number of aliphatic hydroxyl groups excluding tert-OH is 10. The van der Waals surface area contributed by atoms with Crippen LogP contribution in [0.4, 0.5) is 0 Å². The zero-order chi connectivity index (χ0) is 65.7. The van der Waals surface area contributed by atoms with E-state index >= 15 is 0 Å². The lowest BCUT2D eigenvalue weighted by molar-refractivity contribution is -0.270. The van der Waals surface area contributed by atoms with Crippen molar-refractivity contribution in [2.75, 3.05) is 126 Å². The predicted molar refractivity (Wildman–Crippen MR) is 294 cm³/mol. The molecule has 8 unspecified atom stereocenters. The van der Waals surface area contributed by atoms with Crippen molar-refractivity contribution >= 4 is 51.1 Å². The first-order valence-corrected chi connectivity index (χ1v) is 31.3. The molecule has 6 amide bonds. The first-order valence-electron chi connectivity index (χ1n) is 28.3. The Balaban J connectivity index is 1.59. The van der Waals surface area contributed by atoms with Crippen LogP contribution in [0.2, 0.25) is 0 Å². The molecule has 0 bridgehead atoms. The Hall–Kier alpha value is -3.64. The summed E-state index contributed by atoms with van der Waals surface area (Å²) in [4.78, 5) is 99.9. The van der Waals surface area contributed by atoms with Crippen molar-refractivity contribution in [3.63, 3.8) is 0 Å². The summed E-state index contributed by atoms with van der Waals surface area (Å²) in [5.74, 6) is -3.48. The van der Waals surface area contributed by atoms with Gasteiger partial charge in [0.1, 0.15) is 73.1 Å². The van der Waals surface area contributed by atoms with Crippen molar-refractivity contribution < 1.29 is 150 Å². The number of phosphoric ester groups is 2. The van der Waals surface area contributed by atoms with Crippen molar-refractivity contribution in [2.45, 2.75) is 151 Å². The number of phosphoric acid groups is 2. The van der Waals surface area contributed by atoms with E-state index in [1.807, 2.05) is 0 Å². The van der Waals surface area contributed by atoms with Crippen LogP contribution in [-0.2, 0) is 89.2 Å². The number of hydrogen-bond donors (Lipinski definition) is 15. The van der Waals surface area contributed by atoms with Gasteiger partial charge in [-0.3, -0.25) is 46.9 Å². The van der Waals surface area contributed by atoms with Gasteiger partial charge in [0.2, 0.25) is 35.4 Å². The Kier molecular flexibility index (Phi) is 36.1. The molecule has 0 saturated carbocycles. The molecular weight excluding hydrogens is 1230 g/mol. The molecule has 0 spiro atoms. The second kappa shape index (κ2) is 40.4. The van der Waals surface area contributed by atoms with Gasteiger partial charge in [0.25, 0.3) is 0 Å². The molecule has 512 valence electrons. The molecule has 0 aliphatic carbocycles. The summed E-state index contributed by atoms with van der Waals surface area (Å²) in [5.41, 5.74) is 0. The summed E-state index contributed by atoms with van der Waals surface area (Å²) in [6.45, 7) is -3.93. The number of methoxy groups -OCH3 is 1. The molecule has 3 heterocycles. The number of hydrogen-bond acceptors (Lipinski definition) is 29. The molecule has 3 aliphatic rings. The standard InChI is InChI=1S/C49H90N6O31P2/c1-29(60)50-38-44(69)41(66)32(26-57)84-47(38)77-18-5-8-35(63)53(11-17-56)13-22-80-87(72,73)82-24-15-55(37(65)10-7-20-79-49-40(52-31(3)62)46(71)43(68)34(28-59)86-49)16-25-83-88(74,75)81-23-14-54(12-21-76-4)36(64)9-6-19-78-48-39(51-30(2)61)45(70)42(67)33(27-58)85-48/h32-34,38-49,56-59,66-71H,5-28H2,1-4H3,(H,50,60)(H,51,61)(H,52,62)(H,72,73)(H,74,75)/t32?,33?,34?,38?,39?,40?,41-,42-,43-,44+,45+,46+,47+,48+,49+/m0/s1. The van der Waals surface area contributed by atoms with E-state index in [-0.39, 0.29) is 91.1 Å². The Morgan fingerprint density at radius 1 is 0.420 bits per heavy atom. The van der Waals surface area contributed by atoms with Gasteiger partial charge in [-0.15, -0.1) is 0 Å². The highest BCUT2D eigenvalue weighted by molar-refractivity contribution is 7.47. The van der Waals surface area contributed by atoms with Gasteiger partial charge in [0.05, 0.1) is 79.3 Å². The van der Waals surface area contributed by atoms with Gasteiger partial charge >= 0.3 is 15.6 Å². The largest absolute Gasteiger partial charge is 0.472 e. The minimum absolute atomic E-state index is 0.0133. The zero-order valence-corrected chi connectivity index (χ0v) is 51.3. The second-order valence-corrected chi connectivity index (χ2v) is 23.3. The van der Waals surface area contributed by atoms with Crippen LogP contribution in [0.1, 0.15) is 59.3 Å². The third-order valence-corrected chi connectivity index (χ3v) is 15.7. The van der Waals surface area contributed by atoms with Gasteiger partial charge in [-0.1, -0.05) is 0 Å². The third kappa shape index (κ3) is 26.9. The summed E-state index contributed by atoms with van der Waals surface area (Å²) in [7, 11) is -8.50. The van der Waals surface area contributed by atoms with Crippen LogP contribution in [0.15, 0.2) is 0 Å². The lowest BCUT2D eigenvalue weighted by Gasteiger charge is -2.42. The van der Waals surface area contributed by atoms with Crippen LogP contribution < -0.4 is 16.0 Å². The maximum absolute atomic E-state index is 13.7. The maximum Gasteiger partial charge on any atom is 0.472 e. The van der Waals surface area contributed by atoms with Crippen LogP contribution >= 0.6 is 15.6 Å². The van der Waals surface area contributed by atoms with Gasteiger partial charge in [-0.05, 0) is 19.3 Å². The number of nitrogens with zero attached hydrogens (tertiary/aromatic N) is 3. The lowest BCUT2D eigenvalue weighted by atomic mass is 9.97. The summed E-state index contributed by atoms with van der Waals surface area (Å²) in [6, 6.07) is -3.72. The zero-order valence-electron chi connectivity index (χ0n) is 49.5. The second-order valence-electron chi connectivity index (χ2n) is 20.4. The first-order chi connectivity index (χ1) is 41.6. The number of carbonyl (C=O) groups excluding carboxylic acids is 6. The Labute approximate surface area is 507 Å². The van der Waals surface area contributed by atoms with Crippen molar-refractivity contribution in [3.8, 4) is 0 Å². The molecule has 88 heavy (non-hydrogen) atoms. The van der Waals surface area contributed by atoms with E-state index in [0.717, 1.165) is 23.6 Å². The van der Waals surface area contributed by atoms with Gasteiger partial charge in [-0.25, -0.2) is 9.13 Å². The topological polar surface area (TPSA) is 527 Å². The van der Waals surface area contributed by atoms with Crippen LogP contribution in [0.25, 0.3) is 0 Å². The molecule has 3 aliphatic heterocycles. The molecule has 0 radical (unpaired) electrons. The van der Waals surface area contributed by atoms with Crippen molar-refractivity contribution in [2.24, 2.45) is 0 Å². The fourth-order valence-corrected chi connectivity index (χ4v) is 10.5. The molecular formula is C49H90N6O31P2. The number of carbonyl (C=O) groups is 6. The highest BCUT2D eigenvalue weighted by Gasteiger charge is 2.48. The number of nitrogens with one attached hydrogen (secondary N) is 3. The fourth-order valence-electron chi connectivity index (χ4n) is 9.13. The smallest absolute Gasteiger partial charge is 0.395 e. The van der Waals surface area contributed by atoms with Crippen molar-refractivity contribution in [1.29, 1.82) is 0 Å². The Morgan fingerprint density at radius 3 is 0.920 bits per heavy atom. The summed E-state index contributed by atoms with van der Waals surface area (Å²) < 4.78 is 85.1. The predicted octanol–water partition coefficient (Wildman–Crippen LogP) is -7.40.